The fourth-order valence-electron chi connectivity index (χ4n) is 3.03. The fourth-order valence-corrected chi connectivity index (χ4v) is 3.32. The zero-order valence-corrected chi connectivity index (χ0v) is 17.0. The van der Waals surface area contributed by atoms with E-state index in [0.717, 1.165) is 46.5 Å². The standard InChI is InChI=1S/C22H28ClNO2/c1-6-16-9-11-19(23)17(7-2)22(16)24-21(25)13-26-20-12-15(5)8-10-18(20)14(3)4/h8-12,14H,6-7,13H2,1-5H3,(H,24,25). The van der Waals surface area contributed by atoms with Crippen molar-refractivity contribution in [3.05, 3.63) is 57.6 Å². The summed E-state index contributed by atoms with van der Waals surface area (Å²) in [6.07, 6.45) is 1.59. The molecule has 0 aliphatic rings. The van der Waals surface area contributed by atoms with E-state index < -0.39 is 0 Å². The highest BCUT2D eigenvalue weighted by atomic mass is 35.5. The number of carbonyl (C=O) groups excluding carboxylic acids is 1. The Morgan fingerprint density at radius 2 is 1.88 bits per heavy atom. The van der Waals surface area contributed by atoms with Crippen molar-refractivity contribution in [3.8, 4) is 5.75 Å². The fraction of sp³-hybridized carbons (Fsp3) is 0.409. The molecule has 0 saturated heterocycles. The van der Waals surface area contributed by atoms with Crippen LogP contribution in [0.2, 0.25) is 5.02 Å². The quantitative estimate of drug-likeness (QED) is 0.654. The highest BCUT2D eigenvalue weighted by Gasteiger charge is 2.15. The molecule has 2 aromatic carbocycles. The Kier molecular flexibility index (Phi) is 7.10. The Labute approximate surface area is 161 Å². The molecule has 3 nitrogen and oxygen atoms in total. The molecule has 0 aliphatic carbocycles. The van der Waals surface area contributed by atoms with Gasteiger partial charge in [-0.3, -0.25) is 4.79 Å². The molecule has 0 aromatic heterocycles. The minimum absolute atomic E-state index is 0.0258. The predicted molar refractivity (Wildman–Crippen MR) is 110 cm³/mol. The van der Waals surface area contributed by atoms with Crippen LogP contribution < -0.4 is 10.1 Å². The molecule has 0 fully saturated rings. The minimum Gasteiger partial charge on any atom is -0.483 e. The van der Waals surface area contributed by atoms with Gasteiger partial charge in [-0.15, -0.1) is 0 Å². The smallest absolute Gasteiger partial charge is 0.262 e. The molecule has 4 heteroatoms. The molecule has 2 rings (SSSR count). The van der Waals surface area contributed by atoms with Crippen LogP contribution >= 0.6 is 11.6 Å². The summed E-state index contributed by atoms with van der Waals surface area (Å²) in [5.74, 6) is 0.931. The van der Waals surface area contributed by atoms with Crippen LogP contribution in [0.15, 0.2) is 30.3 Å². The van der Waals surface area contributed by atoms with Gasteiger partial charge in [0, 0.05) is 10.7 Å². The lowest BCUT2D eigenvalue weighted by Crippen LogP contribution is -2.22. The third-order valence-corrected chi connectivity index (χ3v) is 4.84. The van der Waals surface area contributed by atoms with E-state index in [4.69, 9.17) is 16.3 Å². The van der Waals surface area contributed by atoms with E-state index in [0.29, 0.717) is 10.9 Å². The van der Waals surface area contributed by atoms with E-state index in [9.17, 15) is 4.79 Å². The molecule has 0 spiro atoms. The third kappa shape index (κ3) is 4.79. The molecule has 140 valence electrons. The van der Waals surface area contributed by atoms with Gasteiger partial charge in [-0.2, -0.15) is 0 Å². The van der Waals surface area contributed by atoms with Gasteiger partial charge in [0.05, 0.1) is 0 Å². The van der Waals surface area contributed by atoms with Gasteiger partial charge in [0.2, 0.25) is 0 Å². The second-order valence-electron chi connectivity index (χ2n) is 6.80. The first-order valence-electron chi connectivity index (χ1n) is 9.20. The average molecular weight is 374 g/mol. The van der Waals surface area contributed by atoms with Gasteiger partial charge in [0.25, 0.3) is 5.91 Å². The number of halogens is 1. The van der Waals surface area contributed by atoms with Gasteiger partial charge in [-0.25, -0.2) is 0 Å². The van der Waals surface area contributed by atoms with E-state index in [-0.39, 0.29) is 12.5 Å². The summed E-state index contributed by atoms with van der Waals surface area (Å²) in [7, 11) is 0. The summed E-state index contributed by atoms with van der Waals surface area (Å²) >= 11 is 6.31. The van der Waals surface area contributed by atoms with Crippen molar-refractivity contribution in [2.75, 3.05) is 11.9 Å². The maximum Gasteiger partial charge on any atom is 0.262 e. The van der Waals surface area contributed by atoms with Crippen LogP contribution in [-0.2, 0) is 17.6 Å². The number of anilines is 1. The van der Waals surface area contributed by atoms with E-state index in [1.54, 1.807) is 0 Å². The van der Waals surface area contributed by atoms with Gasteiger partial charge in [-0.1, -0.05) is 57.5 Å². The Morgan fingerprint density at radius 3 is 2.50 bits per heavy atom. The van der Waals surface area contributed by atoms with Crippen LogP contribution in [0.1, 0.15) is 55.9 Å². The molecule has 26 heavy (non-hydrogen) atoms. The van der Waals surface area contributed by atoms with Crippen LogP contribution in [0.4, 0.5) is 5.69 Å². The van der Waals surface area contributed by atoms with Crippen LogP contribution in [0.25, 0.3) is 0 Å². The molecular formula is C22H28ClNO2. The van der Waals surface area contributed by atoms with Crippen LogP contribution in [0, 0.1) is 6.92 Å². The zero-order chi connectivity index (χ0) is 19.3. The number of carbonyl (C=O) groups is 1. The Bertz CT molecular complexity index is 784. The normalized spacial score (nSPS) is 10.9. The predicted octanol–water partition coefficient (Wildman–Crippen LogP) is 5.91. The lowest BCUT2D eigenvalue weighted by Gasteiger charge is -2.17. The number of nitrogens with one attached hydrogen (secondary N) is 1. The molecule has 1 amide bonds. The summed E-state index contributed by atoms with van der Waals surface area (Å²) in [6, 6.07) is 9.98. The topological polar surface area (TPSA) is 38.3 Å². The lowest BCUT2D eigenvalue weighted by molar-refractivity contribution is -0.118. The molecule has 0 heterocycles. The number of hydrogen-bond acceptors (Lipinski definition) is 2. The Morgan fingerprint density at radius 1 is 1.15 bits per heavy atom. The number of amides is 1. The van der Waals surface area contributed by atoms with Gasteiger partial charge >= 0.3 is 0 Å². The van der Waals surface area contributed by atoms with Crippen molar-refractivity contribution in [2.24, 2.45) is 0 Å². The molecule has 0 atom stereocenters. The first-order valence-corrected chi connectivity index (χ1v) is 9.58. The van der Waals surface area contributed by atoms with Crippen molar-refractivity contribution in [1.82, 2.24) is 0 Å². The molecular weight excluding hydrogens is 346 g/mol. The van der Waals surface area contributed by atoms with Gasteiger partial charge in [-0.05, 0) is 60.1 Å². The van der Waals surface area contributed by atoms with E-state index in [2.05, 4.69) is 38.2 Å². The second-order valence-corrected chi connectivity index (χ2v) is 7.21. The zero-order valence-electron chi connectivity index (χ0n) is 16.3. The summed E-state index contributed by atoms with van der Waals surface area (Å²) in [5.41, 5.74) is 5.09. The molecule has 0 saturated carbocycles. The molecule has 2 aromatic rings. The lowest BCUT2D eigenvalue weighted by atomic mass is 10.0. The monoisotopic (exact) mass is 373 g/mol. The summed E-state index contributed by atoms with van der Waals surface area (Å²) < 4.78 is 5.85. The van der Waals surface area contributed by atoms with E-state index >= 15 is 0 Å². The molecule has 1 N–H and O–H groups in total. The Hall–Kier alpha value is -2.00. The second kappa shape index (κ2) is 9.09. The van der Waals surface area contributed by atoms with Gasteiger partial charge in [0.15, 0.2) is 6.61 Å². The number of hydrogen-bond donors (Lipinski definition) is 1. The first kappa shape index (κ1) is 20.3. The molecule has 0 bridgehead atoms. The number of ether oxygens (including phenoxy) is 1. The molecule has 0 unspecified atom stereocenters. The highest BCUT2D eigenvalue weighted by Crippen LogP contribution is 2.30. The van der Waals surface area contributed by atoms with Crippen molar-refractivity contribution in [2.45, 2.75) is 53.4 Å². The number of aryl methyl sites for hydroxylation is 2. The highest BCUT2D eigenvalue weighted by molar-refractivity contribution is 6.32. The van der Waals surface area contributed by atoms with Gasteiger partial charge in [0.1, 0.15) is 5.75 Å². The van der Waals surface area contributed by atoms with Crippen LogP contribution in [0.3, 0.4) is 0 Å². The van der Waals surface area contributed by atoms with E-state index in [1.807, 2.05) is 32.0 Å². The molecule has 0 aliphatic heterocycles. The van der Waals surface area contributed by atoms with Crippen molar-refractivity contribution >= 4 is 23.2 Å². The van der Waals surface area contributed by atoms with Crippen LogP contribution in [0.5, 0.6) is 5.75 Å². The van der Waals surface area contributed by atoms with E-state index in [1.165, 1.54) is 0 Å². The minimum atomic E-state index is -0.173. The average Bonchev–Trinajstić information content (AvgIpc) is 2.60. The molecule has 0 radical (unpaired) electrons. The maximum atomic E-state index is 12.5. The number of rotatable bonds is 7. The van der Waals surface area contributed by atoms with Crippen molar-refractivity contribution < 1.29 is 9.53 Å². The van der Waals surface area contributed by atoms with Gasteiger partial charge < -0.3 is 10.1 Å². The maximum absolute atomic E-state index is 12.5. The Balaban J connectivity index is 2.16. The third-order valence-electron chi connectivity index (χ3n) is 4.49. The first-order chi connectivity index (χ1) is 12.4. The largest absolute Gasteiger partial charge is 0.483 e. The number of benzene rings is 2. The summed E-state index contributed by atoms with van der Waals surface area (Å²) in [4.78, 5) is 12.5. The van der Waals surface area contributed by atoms with Crippen LogP contribution in [-0.4, -0.2) is 12.5 Å². The van der Waals surface area contributed by atoms with Crippen molar-refractivity contribution in [3.63, 3.8) is 0 Å². The SMILES string of the molecule is CCc1ccc(Cl)c(CC)c1NC(=O)COc1cc(C)ccc1C(C)C. The van der Waals surface area contributed by atoms with Crippen molar-refractivity contribution in [1.29, 1.82) is 0 Å². The summed E-state index contributed by atoms with van der Waals surface area (Å²) in [6.45, 7) is 10.3. The summed E-state index contributed by atoms with van der Waals surface area (Å²) in [5, 5.41) is 3.69.